The molecule has 5 nitrogen and oxygen atoms in total. The molecule has 0 aliphatic carbocycles. The molecule has 0 bridgehead atoms. The standard InChI is InChI=1S/C15H22N4O/c1-5-11(6-2)8-17-15(20)12-7-13-10(3)18-19(4)14(13)16-9-12/h7,9,11H,5-6,8H2,1-4H3,(H,17,20). The van der Waals surface area contributed by atoms with Crippen molar-refractivity contribution < 1.29 is 4.79 Å². The number of rotatable bonds is 5. The van der Waals surface area contributed by atoms with E-state index in [0.717, 1.165) is 36.1 Å². The molecule has 108 valence electrons. The Labute approximate surface area is 119 Å². The van der Waals surface area contributed by atoms with Crippen LogP contribution in [0.3, 0.4) is 0 Å². The van der Waals surface area contributed by atoms with Crippen molar-refractivity contribution in [3.63, 3.8) is 0 Å². The molecule has 2 heterocycles. The van der Waals surface area contributed by atoms with Crippen LogP contribution in [0.1, 0.15) is 42.7 Å². The largest absolute Gasteiger partial charge is 0.352 e. The summed E-state index contributed by atoms with van der Waals surface area (Å²) < 4.78 is 1.73. The molecule has 2 rings (SSSR count). The fourth-order valence-corrected chi connectivity index (χ4v) is 2.35. The molecule has 0 saturated carbocycles. The molecule has 1 amide bonds. The van der Waals surface area contributed by atoms with E-state index in [1.165, 1.54) is 0 Å². The Balaban J connectivity index is 2.16. The maximum atomic E-state index is 12.2. The van der Waals surface area contributed by atoms with E-state index in [1.54, 1.807) is 10.9 Å². The van der Waals surface area contributed by atoms with Crippen LogP contribution in [0.2, 0.25) is 0 Å². The van der Waals surface area contributed by atoms with Gasteiger partial charge in [-0.1, -0.05) is 26.7 Å². The number of nitrogens with zero attached hydrogens (tertiary/aromatic N) is 3. The van der Waals surface area contributed by atoms with Crippen LogP contribution in [-0.2, 0) is 7.05 Å². The number of carbonyl (C=O) groups excluding carboxylic acids is 1. The van der Waals surface area contributed by atoms with E-state index in [-0.39, 0.29) is 5.91 Å². The zero-order valence-corrected chi connectivity index (χ0v) is 12.6. The number of nitrogens with one attached hydrogen (secondary N) is 1. The van der Waals surface area contributed by atoms with Gasteiger partial charge < -0.3 is 5.32 Å². The molecule has 0 fully saturated rings. The van der Waals surface area contributed by atoms with Gasteiger partial charge in [0.2, 0.25) is 0 Å². The van der Waals surface area contributed by atoms with Crippen molar-refractivity contribution in [3.8, 4) is 0 Å². The summed E-state index contributed by atoms with van der Waals surface area (Å²) in [7, 11) is 1.86. The van der Waals surface area contributed by atoms with Gasteiger partial charge in [0.15, 0.2) is 5.65 Å². The summed E-state index contributed by atoms with van der Waals surface area (Å²) in [6.07, 6.45) is 3.78. The maximum absolute atomic E-state index is 12.2. The lowest BCUT2D eigenvalue weighted by Crippen LogP contribution is -2.29. The number of aryl methyl sites for hydroxylation is 2. The minimum Gasteiger partial charge on any atom is -0.352 e. The highest BCUT2D eigenvalue weighted by Gasteiger charge is 2.12. The van der Waals surface area contributed by atoms with Gasteiger partial charge in [0, 0.05) is 25.2 Å². The minimum absolute atomic E-state index is 0.0606. The van der Waals surface area contributed by atoms with Crippen molar-refractivity contribution >= 4 is 16.9 Å². The highest BCUT2D eigenvalue weighted by Crippen LogP contribution is 2.16. The van der Waals surface area contributed by atoms with Gasteiger partial charge >= 0.3 is 0 Å². The van der Waals surface area contributed by atoms with Gasteiger partial charge in [-0.3, -0.25) is 9.48 Å². The lowest BCUT2D eigenvalue weighted by molar-refractivity contribution is 0.0946. The molecule has 0 radical (unpaired) electrons. The van der Waals surface area contributed by atoms with Gasteiger partial charge in [-0.2, -0.15) is 5.10 Å². The fraction of sp³-hybridized carbons (Fsp3) is 0.533. The second-order valence-corrected chi connectivity index (χ2v) is 5.20. The van der Waals surface area contributed by atoms with E-state index in [4.69, 9.17) is 0 Å². The molecule has 0 unspecified atom stereocenters. The van der Waals surface area contributed by atoms with Crippen molar-refractivity contribution in [2.75, 3.05) is 6.54 Å². The maximum Gasteiger partial charge on any atom is 0.252 e. The molecule has 1 N–H and O–H groups in total. The number of pyridine rings is 1. The van der Waals surface area contributed by atoms with E-state index in [1.807, 2.05) is 20.0 Å². The van der Waals surface area contributed by atoms with Crippen LogP contribution >= 0.6 is 0 Å². The zero-order valence-electron chi connectivity index (χ0n) is 12.6. The van der Waals surface area contributed by atoms with Crippen LogP contribution in [0.5, 0.6) is 0 Å². The Kier molecular flexibility index (Phi) is 4.37. The summed E-state index contributed by atoms with van der Waals surface area (Å²) in [4.78, 5) is 16.5. The number of fused-ring (bicyclic) bond motifs is 1. The van der Waals surface area contributed by atoms with E-state index in [2.05, 4.69) is 29.2 Å². The first kappa shape index (κ1) is 14.5. The van der Waals surface area contributed by atoms with Crippen LogP contribution in [0.4, 0.5) is 0 Å². The average molecular weight is 274 g/mol. The van der Waals surface area contributed by atoms with Crippen LogP contribution in [0.15, 0.2) is 12.3 Å². The molecule has 5 heteroatoms. The summed E-state index contributed by atoms with van der Waals surface area (Å²) in [6, 6.07) is 1.87. The predicted molar refractivity (Wildman–Crippen MR) is 79.7 cm³/mol. The summed E-state index contributed by atoms with van der Waals surface area (Å²) in [5, 5.41) is 8.23. The number of aromatic nitrogens is 3. The third kappa shape index (κ3) is 2.81. The van der Waals surface area contributed by atoms with E-state index in [0.29, 0.717) is 11.5 Å². The molecule has 0 spiro atoms. The quantitative estimate of drug-likeness (QED) is 0.911. The van der Waals surface area contributed by atoms with E-state index in [9.17, 15) is 4.79 Å². The smallest absolute Gasteiger partial charge is 0.252 e. The molecular formula is C15H22N4O. The molecular weight excluding hydrogens is 252 g/mol. The van der Waals surface area contributed by atoms with Gasteiger partial charge in [-0.25, -0.2) is 4.98 Å². The van der Waals surface area contributed by atoms with Crippen molar-refractivity contribution in [1.82, 2.24) is 20.1 Å². The normalized spacial score (nSPS) is 11.2. The molecule has 2 aromatic heterocycles. The number of amides is 1. The van der Waals surface area contributed by atoms with Gasteiger partial charge in [-0.15, -0.1) is 0 Å². The lowest BCUT2D eigenvalue weighted by Gasteiger charge is -2.13. The van der Waals surface area contributed by atoms with Gasteiger partial charge in [-0.05, 0) is 18.9 Å². The van der Waals surface area contributed by atoms with Gasteiger partial charge in [0.1, 0.15) is 0 Å². The van der Waals surface area contributed by atoms with Gasteiger partial charge in [0.25, 0.3) is 5.91 Å². The second-order valence-electron chi connectivity index (χ2n) is 5.20. The number of carbonyl (C=O) groups is 1. The molecule has 2 aromatic rings. The monoisotopic (exact) mass is 274 g/mol. The predicted octanol–water partition coefficient (Wildman–Crippen LogP) is 2.44. The third-order valence-corrected chi connectivity index (χ3v) is 3.83. The Hall–Kier alpha value is -1.91. The summed E-state index contributed by atoms with van der Waals surface area (Å²) in [6.45, 7) is 6.94. The molecule has 20 heavy (non-hydrogen) atoms. The van der Waals surface area contributed by atoms with Crippen molar-refractivity contribution in [3.05, 3.63) is 23.5 Å². The Morgan fingerprint density at radius 2 is 2.10 bits per heavy atom. The highest BCUT2D eigenvalue weighted by atomic mass is 16.1. The van der Waals surface area contributed by atoms with Crippen LogP contribution in [-0.4, -0.2) is 27.2 Å². The summed E-state index contributed by atoms with van der Waals surface area (Å²) >= 11 is 0. The number of hydrogen-bond donors (Lipinski definition) is 1. The lowest BCUT2D eigenvalue weighted by atomic mass is 10.0. The Morgan fingerprint density at radius 1 is 1.40 bits per heavy atom. The van der Waals surface area contributed by atoms with Crippen molar-refractivity contribution in [1.29, 1.82) is 0 Å². The first-order valence-corrected chi connectivity index (χ1v) is 7.14. The molecule has 0 saturated heterocycles. The fourth-order valence-electron chi connectivity index (χ4n) is 2.35. The SMILES string of the molecule is CCC(CC)CNC(=O)c1cnc2c(c1)c(C)nn2C. The average Bonchev–Trinajstić information content (AvgIpc) is 2.74. The van der Waals surface area contributed by atoms with E-state index < -0.39 is 0 Å². The third-order valence-electron chi connectivity index (χ3n) is 3.83. The highest BCUT2D eigenvalue weighted by molar-refractivity contribution is 5.97. The van der Waals surface area contributed by atoms with Crippen LogP contribution < -0.4 is 5.32 Å². The molecule has 0 aliphatic rings. The first-order valence-electron chi connectivity index (χ1n) is 7.14. The molecule has 0 aliphatic heterocycles. The second kappa shape index (κ2) is 6.03. The van der Waals surface area contributed by atoms with Crippen molar-refractivity contribution in [2.24, 2.45) is 13.0 Å². The topological polar surface area (TPSA) is 59.8 Å². The zero-order chi connectivity index (χ0) is 14.7. The Morgan fingerprint density at radius 3 is 2.75 bits per heavy atom. The number of hydrogen-bond acceptors (Lipinski definition) is 3. The molecule has 0 aromatic carbocycles. The summed E-state index contributed by atoms with van der Waals surface area (Å²) in [5.41, 5.74) is 2.29. The van der Waals surface area contributed by atoms with Crippen LogP contribution in [0.25, 0.3) is 11.0 Å². The summed E-state index contributed by atoms with van der Waals surface area (Å²) in [5.74, 6) is 0.477. The first-order chi connectivity index (χ1) is 9.56. The van der Waals surface area contributed by atoms with Crippen molar-refractivity contribution in [2.45, 2.75) is 33.6 Å². The molecule has 0 atom stereocenters. The Bertz CT molecular complexity index is 614. The minimum atomic E-state index is -0.0606. The van der Waals surface area contributed by atoms with Crippen LogP contribution in [0, 0.1) is 12.8 Å². The van der Waals surface area contributed by atoms with Gasteiger partial charge in [0.05, 0.1) is 11.3 Å². The van der Waals surface area contributed by atoms with E-state index >= 15 is 0 Å².